The maximum atomic E-state index is 12.2. The van der Waals surface area contributed by atoms with E-state index in [1.54, 1.807) is 19.1 Å². The third-order valence-electron chi connectivity index (χ3n) is 2.57. The van der Waals surface area contributed by atoms with Crippen LogP contribution in [-0.2, 0) is 10.1 Å². The van der Waals surface area contributed by atoms with Gasteiger partial charge in [0.15, 0.2) is 5.16 Å². The lowest BCUT2D eigenvalue weighted by atomic mass is 10.2. The van der Waals surface area contributed by atoms with Gasteiger partial charge in [-0.2, -0.15) is 26.6 Å². The minimum atomic E-state index is -4.42. The zero-order valence-corrected chi connectivity index (χ0v) is 13.9. The summed E-state index contributed by atoms with van der Waals surface area (Å²) in [4.78, 5) is 7.13. The Kier molecular flexibility index (Phi) is 5.23. The molecule has 0 fully saturated rings. The summed E-state index contributed by atoms with van der Waals surface area (Å²) in [5.74, 6) is -1.89. The molecule has 1 aromatic carbocycles. The standard InChI is InChI=1S/C13H12F3N3O3S2/c1-8-2-4-9(5-3-8)24(20,21)22-11-6-10(17)18-12(19-11)23-7-13(14,15)16/h2-6H,7H2,1H3,(H2,17,18,19). The Morgan fingerprint density at radius 3 is 2.42 bits per heavy atom. The largest absolute Gasteiger partial charge is 0.398 e. The average molecular weight is 379 g/mol. The summed E-state index contributed by atoms with van der Waals surface area (Å²) in [5, 5.41) is -0.332. The van der Waals surface area contributed by atoms with E-state index in [0.717, 1.165) is 11.6 Å². The van der Waals surface area contributed by atoms with Gasteiger partial charge in [-0.25, -0.2) is 4.98 Å². The molecule has 0 bridgehead atoms. The predicted molar refractivity (Wildman–Crippen MR) is 82.2 cm³/mol. The first-order valence-electron chi connectivity index (χ1n) is 6.40. The molecule has 0 spiro atoms. The lowest BCUT2D eigenvalue weighted by Gasteiger charge is -2.09. The van der Waals surface area contributed by atoms with Gasteiger partial charge in [0.25, 0.3) is 0 Å². The van der Waals surface area contributed by atoms with Crippen LogP contribution in [-0.4, -0.2) is 30.3 Å². The van der Waals surface area contributed by atoms with Crippen molar-refractivity contribution in [2.45, 2.75) is 23.2 Å². The summed E-state index contributed by atoms with van der Waals surface area (Å²) in [6.07, 6.45) is -4.42. The fourth-order valence-electron chi connectivity index (χ4n) is 1.54. The van der Waals surface area contributed by atoms with E-state index >= 15 is 0 Å². The van der Waals surface area contributed by atoms with Gasteiger partial charge < -0.3 is 9.92 Å². The summed E-state index contributed by atoms with van der Waals surface area (Å²) in [7, 11) is -4.18. The Bertz CT molecular complexity index is 825. The maximum Gasteiger partial charge on any atom is 0.398 e. The van der Waals surface area contributed by atoms with Crippen LogP contribution in [0.15, 0.2) is 40.4 Å². The van der Waals surface area contributed by atoms with E-state index in [1.165, 1.54) is 12.1 Å². The number of nitrogens with two attached hydrogens (primary N) is 1. The fraction of sp³-hybridized carbons (Fsp3) is 0.231. The number of hydrogen-bond donors (Lipinski definition) is 1. The third-order valence-corrected chi connectivity index (χ3v) is 4.72. The number of hydrogen-bond acceptors (Lipinski definition) is 7. The van der Waals surface area contributed by atoms with Crippen molar-refractivity contribution < 1.29 is 25.8 Å². The molecular weight excluding hydrogens is 367 g/mol. The lowest BCUT2D eigenvalue weighted by molar-refractivity contribution is -0.105. The third kappa shape index (κ3) is 5.27. The highest BCUT2D eigenvalue weighted by atomic mass is 32.2. The number of nitrogens with zero attached hydrogens (tertiary/aromatic N) is 2. The van der Waals surface area contributed by atoms with Crippen LogP contribution in [0.5, 0.6) is 5.88 Å². The molecule has 0 atom stereocenters. The maximum absolute atomic E-state index is 12.2. The topological polar surface area (TPSA) is 95.2 Å². The van der Waals surface area contributed by atoms with Crippen LogP contribution in [0.2, 0.25) is 0 Å². The van der Waals surface area contributed by atoms with Gasteiger partial charge in [0.2, 0.25) is 5.88 Å². The lowest BCUT2D eigenvalue weighted by Crippen LogP contribution is -2.13. The smallest absolute Gasteiger partial charge is 0.383 e. The van der Waals surface area contributed by atoms with Crippen molar-refractivity contribution in [3.05, 3.63) is 35.9 Å². The molecule has 11 heteroatoms. The molecule has 0 aliphatic heterocycles. The van der Waals surface area contributed by atoms with Gasteiger partial charge in [0, 0.05) is 6.07 Å². The zero-order chi connectivity index (χ0) is 18.0. The Labute approximate surface area is 140 Å². The van der Waals surface area contributed by atoms with Gasteiger partial charge >= 0.3 is 16.3 Å². The highest BCUT2D eigenvalue weighted by Crippen LogP contribution is 2.27. The quantitative estimate of drug-likeness (QED) is 0.485. The van der Waals surface area contributed by atoms with E-state index in [9.17, 15) is 21.6 Å². The number of aryl methyl sites for hydroxylation is 1. The van der Waals surface area contributed by atoms with E-state index in [2.05, 4.69) is 9.97 Å². The van der Waals surface area contributed by atoms with Gasteiger partial charge in [-0.3, -0.25) is 0 Å². The van der Waals surface area contributed by atoms with E-state index in [0.29, 0.717) is 0 Å². The fourth-order valence-corrected chi connectivity index (χ4v) is 3.03. The second-order valence-electron chi connectivity index (χ2n) is 4.67. The van der Waals surface area contributed by atoms with E-state index in [-0.39, 0.29) is 27.6 Å². The molecule has 6 nitrogen and oxygen atoms in total. The van der Waals surface area contributed by atoms with Gasteiger partial charge in [-0.15, -0.1) is 0 Å². The highest BCUT2D eigenvalue weighted by Gasteiger charge is 2.28. The molecule has 0 radical (unpaired) electrons. The molecule has 0 amide bonds. The van der Waals surface area contributed by atoms with Crippen LogP contribution in [0.25, 0.3) is 0 Å². The van der Waals surface area contributed by atoms with Crippen molar-refractivity contribution in [3.63, 3.8) is 0 Å². The number of rotatable bonds is 5. The first-order chi connectivity index (χ1) is 11.0. The molecule has 1 aromatic heterocycles. The molecular formula is C13H12F3N3O3S2. The summed E-state index contributed by atoms with van der Waals surface area (Å²) in [6.45, 7) is 1.78. The Morgan fingerprint density at radius 1 is 1.21 bits per heavy atom. The van der Waals surface area contributed by atoms with Crippen LogP contribution < -0.4 is 9.92 Å². The van der Waals surface area contributed by atoms with Crippen molar-refractivity contribution in [1.82, 2.24) is 9.97 Å². The minimum absolute atomic E-state index is 0.116. The zero-order valence-electron chi connectivity index (χ0n) is 12.2. The van der Waals surface area contributed by atoms with Gasteiger partial charge in [0.05, 0.1) is 5.75 Å². The van der Waals surface area contributed by atoms with Crippen LogP contribution in [0, 0.1) is 6.92 Å². The molecule has 0 saturated carbocycles. The van der Waals surface area contributed by atoms with Crippen molar-refractivity contribution in [1.29, 1.82) is 0 Å². The van der Waals surface area contributed by atoms with Crippen LogP contribution >= 0.6 is 11.8 Å². The monoisotopic (exact) mass is 379 g/mol. The molecule has 0 aliphatic carbocycles. The first kappa shape index (κ1) is 18.3. The van der Waals surface area contributed by atoms with Gasteiger partial charge in [-0.1, -0.05) is 29.5 Å². The molecule has 24 heavy (non-hydrogen) atoms. The van der Waals surface area contributed by atoms with Crippen molar-refractivity contribution in [2.75, 3.05) is 11.5 Å². The summed E-state index contributed by atoms with van der Waals surface area (Å²) in [5.41, 5.74) is 6.31. The number of halogens is 3. The molecule has 0 unspecified atom stereocenters. The summed E-state index contributed by atoms with van der Waals surface area (Å²) >= 11 is 0.277. The van der Waals surface area contributed by atoms with E-state index in [1.807, 2.05) is 0 Å². The van der Waals surface area contributed by atoms with E-state index in [4.69, 9.17) is 9.92 Å². The van der Waals surface area contributed by atoms with Gasteiger partial charge in [-0.05, 0) is 19.1 Å². The van der Waals surface area contributed by atoms with Crippen molar-refractivity contribution in [3.8, 4) is 5.88 Å². The predicted octanol–water partition coefficient (Wildman–Crippen LogP) is 2.79. The molecule has 1 heterocycles. The molecule has 130 valence electrons. The second-order valence-corrected chi connectivity index (χ2v) is 7.16. The Morgan fingerprint density at radius 2 is 1.83 bits per heavy atom. The Hall–Kier alpha value is -2.01. The van der Waals surface area contributed by atoms with Gasteiger partial charge in [0.1, 0.15) is 10.7 Å². The van der Waals surface area contributed by atoms with Crippen molar-refractivity contribution in [2.24, 2.45) is 0 Å². The second kappa shape index (κ2) is 6.85. The van der Waals surface area contributed by atoms with Crippen LogP contribution in [0.3, 0.4) is 0 Å². The highest BCUT2D eigenvalue weighted by molar-refractivity contribution is 7.99. The van der Waals surface area contributed by atoms with Crippen LogP contribution in [0.1, 0.15) is 5.56 Å². The number of aromatic nitrogens is 2. The average Bonchev–Trinajstić information content (AvgIpc) is 2.44. The molecule has 0 aliphatic rings. The van der Waals surface area contributed by atoms with E-state index < -0.39 is 27.9 Å². The number of anilines is 1. The SMILES string of the molecule is Cc1ccc(S(=O)(=O)Oc2cc(N)nc(SCC(F)(F)F)n2)cc1. The minimum Gasteiger partial charge on any atom is -0.383 e. The number of alkyl halides is 3. The number of benzene rings is 1. The molecule has 2 N–H and O–H groups in total. The first-order valence-corrected chi connectivity index (χ1v) is 8.80. The summed E-state index contributed by atoms with van der Waals surface area (Å²) < 4.78 is 65.8. The number of nitrogen functional groups attached to an aromatic ring is 1. The Balaban J connectivity index is 2.22. The molecule has 2 rings (SSSR count). The molecule has 0 saturated heterocycles. The van der Waals surface area contributed by atoms with Crippen molar-refractivity contribution >= 4 is 27.7 Å². The molecule has 2 aromatic rings. The number of thioether (sulfide) groups is 1. The van der Waals surface area contributed by atoms with Crippen LogP contribution in [0.4, 0.5) is 19.0 Å². The summed E-state index contributed by atoms with van der Waals surface area (Å²) in [6, 6.07) is 6.86. The normalized spacial score (nSPS) is 12.2.